The lowest BCUT2D eigenvalue weighted by Crippen LogP contribution is -2.36. The van der Waals surface area contributed by atoms with Crippen LogP contribution in [-0.2, 0) is 9.53 Å². The zero-order chi connectivity index (χ0) is 19.8. The van der Waals surface area contributed by atoms with E-state index < -0.39 is 0 Å². The van der Waals surface area contributed by atoms with Crippen molar-refractivity contribution in [3.63, 3.8) is 0 Å². The van der Waals surface area contributed by atoms with Crippen molar-refractivity contribution in [3.05, 3.63) is 53.0 Å². The highest BCUT2D eigenvalue weighted by molar-refractivity contribution is 7.80. The van der Waals surface area contributed by atoms with Crippen LogP contribution in [0.5, 0.6) is 0 Å². The first kappa shape index (κ1) is 18.7. The monoisotopic (exact) mass is 396 g/mol. The van der Waals surface area contributed by atoms with Crippen molar-refractivity contribution in [1.82, 2.24) is 14.8 Å². The Kier molecular flexibility index (Phi) is 4.95. The molecule has 146 valence electrons. The molecular formula is C21H24N4O2S. The van der Waals surface area contributed by atoms with Crippen molar-refractivity contribution in [2.45, 2.75) is 13.8 Å². The van der Waals surface area contributed by atoms with Crippen LogP contribution >= 0.6 is 12.2 Å². The van der Waals surface area contributed by atoms with Gasteiger partial charge in [0.25, 0.3) is 5.91 Å². The van der Waals surface area contributed by atoms with Gasteiger partial charge in [0.05, 0.1) is 13.2 Å². The number of aromatic nitrogens is 1. The predicted molar refractivity (Wildman–Crippen MR) is 115 cm³/mol. The van der Waals surface area contributed by atoms with Crippen LogP contribution in [0.2, 0.25) is 0 Å². The number of carbonyl (C=O) groups is 1. The molecule has 1 aromatic heterocycles. The number of anilines is 1. The van der Waals surface area contributed by atoms with Crippen LogP contribution in [-0.4, -0.2) is 53.8 Å². The highest BCUT2D eigenvalue weighted by Crippen LogP contribution is 2.25. The van der Waals surface area contributed by atoms with E-state index in [2.05, 4.69) is 59.0 Å². The SMILES string of the molecule is Cc1cc(/C=C2\NC(=S)N(C)C2=O)c(C)n1-c1ccc(N2CCOCC2)cc1. The Morgan fingerprint density at radius 2 is 1.75 bits per heavy atom. The number of rotatable bonds is 3. The van der Waals surface area contributed by atoms with E-state index in [1.54, 1.807) is 7.05 Å². The van der Waals surface area contributed by atoms with Gasteiger partial charge in [0, 0.05) is 42.9 Å². The van der Waals surface area contributed by atoms with E-state index in [9.17, 15) is 4.79 Å². The molecule has 2 aliphatic heterocycles. The highest BCUT2D eigenvalue weighted by Gasteiger charge is 2.27. The summed E-state index contributed by atoms with van der Waals surface area (Å²) in [6.07, 6.45) is 1.87. The summed E-state index contributed by atoms with van der Waals surface area (Å²) in [6, 6.07) is 10.7. The quantitative estimate of drug-likeness (QED) is 0.639. The minimum absolute atomic E-state index is 0.107. The van der Waals surface area contributed by atoms with Crippen molar-refractivity contribution < 1.29 is 9.53 Å². The average Bonchev–Trinajstić information content (AvgIpc) is 3.12. The second-order valence-electron chi connectivity index (χ2n) is 7.13. The predicted octanol–water partition coefficient (Wildman–Crippen LogP) is 2.62. The summed E-state index contributed by atoms with van der Waals surface area (Å²) in [6.45, 7) is 7.55. The number of amides is 1. The second-order valence-corrected chi connectivity index (χ2v) is 7.52. The van der Waals surface area contributed by atoms with Gasteiger partial charge in [-0.25, -0.2) is 0 Å². The minimum Gasteiger partial charge on any atom is -0.378 e. The van der Waals surface area contributed by atoms with E-state index >= 15 is 0 Å². The van der Waals surface area contributed by atoms with E-state index in [-0.39, 0.29) is 5.91 Å². The topological polar surface area (TPSA) is 49.7 Å². The number of carbonyl (C=O) groups excluding carboxylic acids is 1. The Bertz CT molecular complexity index is 956. The standard InChI is InChI=1S/C21H24N4O2S/c1-14-12-16(13-19-20(26)23(3)21(28)22-19)15(2)25(14)18-6-4-17(5-7-18)24-8-10-27-11-9-24/h4-7,12-13H,8-11H2,1-3H3,(H,22,28)/b19-13-. The fourth-order valence-corrected chi connectivity index (χ4v) is 3.94. The molecule has 2 fully saturated rings. The Balaban J connectivity index is 1.63. The van der Waals surface area contributed by atoms with Gasteiger partial charge < -0.3 is 19.5 Å². The fourth-order valence-electron chi connectivity index (χ4n) is 3.74. The molecule has 2 aromatic rings. The lowest BCUT2D eigenvalue weighted by molar-refractivity contribution is -0.121. The number of aryl methyl sites for hydroxylation is 1. The normalized spacial score (nSPS) is 18.9. The molecule has 0 bridgehead atoms. The number of thiocarbonyl (C=S) groups is 1. The van der Waals surface area contributed by atoms with Crippen LogP contribution in [0.15, 0.2) is 36.0 Å². The number of ether oxygens (including phenoxy) is 1. The van der Waals surface area contributed by atoms with Crippen LogP contribution in [0.1, 0.15) is 17.0 Å². The molecule has 1 aromatic carbocycles. The van der Waals surface area contributed by atoms with Crippen LogP contribution in [0.4, 0.5) is 5.69 Å². The zero-order valence-electron chi connectivity index (χ0n) is 16.4. The van der Waals surface area contributed by atoms with Crippen molar-refractivity contribution in [2.24, 2.45) is 0 Å². The third-order valence-corrected chi connectivity index (χ3v) is 5.71. The van der Waals surface area contributed by atoms with Crippen LogP contribution in [0, 0.1) is 13.8 Å². The van der Waals surface area contributed by atoms with Crippen molar-refractivity contribution in [3.8, 4) is 5.69 Å². The summed E-state index contributed by atoms with van der Waals surface area (Å²) in [5, 5.41) is 3.42. The summed E-state index contributed by atoms with van der Waals surface area (Å²) in [7, 11) is 1.68. The number of nitrogens with one attached hydrogen (secondary N) is 1. The largest absolute Gasteiger partial charge is 0.378 e. The fraction of sp³-hybridized carbons (Fsp3) is 0.333. The Morgan fingerprint density at radius 3 is 2.36 bits per heavy atom. The maximum absolute atomic E-state index is 12.3. The van der Waals surface area contributed by atoms with Crippen LogP contribution < -0.4 is 10.2 Å². The smallest absolute Gasteiger partial charge is 0.276 e. The second kappa shape index (κ2) is 7.41. The molecule has 0 aliphatic carbocycles. The number of hydrogen-bond donors (Lipinski definition) is 1. The Morgan fingerprint density at radius 1 is 1.11 bits per heavy atom. The summed E-state index contributed by atoms with van der Waals surface area (Å²) in [5.74, 6) is -0.107. The Hall–Kier alpha value is -2.64. The number of benzene rings is 1. The van der Waals surface area contributed by atoms with E-state index in [4.69, 9.17) is 17.0 Å². The molecule has 2 aliphatic rings. The van der Waals surface area contributed by atoms with Gasteiger partial charge in [0.2, 0.25) is 0 Å². The van der Waals surface area contributed by atoms with Gasteiger partial charge in [-0.15, -0.1) is 0 Å². The summed E-state index contributed by atoms with van der Waals surface area (Å²) in [5.41, 5.74) is 6.03. The summed E-state index contributed by atoms with van der Waals surface area (Å²) >= 11 is 5.15. The van der Waals surface area contributed by atoms with Gasteiger partial charge in [-0.3, -0.25) is 9.69 Å². The minimum atomic E-state index is -0.107. The first-order valence-corrected chi connectivity index (χ1v) is 9.79. The third kappa shape index (κ3) is 3.31. The molecule has 6 nitrogen and oxygen atoms in total. The number of nitrogens with zero attached hydrogens (tertiary/aromatic N) is 3. The molecule has 28 heavy (non-hydrogen) atoms. The number of morpholine rings is 1. The van der Waals surface area contributed by atoms with Gasteiger partial charge in [-0.2, -0.15) is 0 Å². The molecule has 0 unspecified atom stereocenters. The molecule has 3 heterocycles. The van der Waals surface area contributed by atoms with Crippen LogP contribution in [0.3, 0.4) is 0 Å². The molecule has 2 saturated heterocycles. The van der Waals surface area contributed by atoms with Gasteiger partial charge in [-0.05, 0) is 68.0 Å². The van der Waals surface area contributed by atoms with Gasteiger partial charge in [0.15, 0.2) is 5.11 Å². The first-order chi connectivity index (χ1) is 13.5. The maximum Gasteiger partial charge on any atom is 0.276 e. The maximum atomic E-state index is 12.3. The van der Waals surface area contributed by atoms with Gasteiger partial charge >= 0.3 is 0 Å². The van der Waals surface area contributed by atoms with E-state index in [1.165, 1.54) is 10.6 Å². The molecule has 4 rings (SSSR count). The van der Waals surface area contributed by atoms with Gasteiger partial charge in [-0.1, -0.05) is 0 Å². The zero-order valence-corrected chi connectivity index (χ0v) is 17.2. The molecule has 7 heteroatoms. The molecule has 1 N–H and O–H groups in total. The Labute approximate surface area is 170 Å². The van der Waals surface area contributed by atoms with E-state index in [0.29, 0.717) is 10.8 Å². The third-order valence-electron chi connectivity index (χ3n) is 5.34. The molecule has 0 radical (unpaired) electrons. The van der Waals surface area contributed by atoms with Crippen molar-refractivity contribution in [2.75, 3.05) is 38.3 Å². The van der Waals surface area contributed by atoms with Crippen molar-refractivity contribution >= 4 is 35.0 Å². The highest BCUT2D eigenvalue weighted by atomic mass is 32.1. The number of likely N-dealkylation sites (N-methyl/N-ethyl adjacent to an activating group) is 1. The summed E-state index contributed by atoms with van der Waals surface area (Å²) < 4.78 is 7.64. The molecule has 0 atom stereocenters. The summed E-state index contributed by atoms with van der Waals surface area (Å²) in [4.78, 5) is 16.1. The van der Waals surface area contributed by atoms with E-state index in [1.807, 2.05) is 6.08 Å². The lowest BCUT2D eigenvalue weighted by Gasteiger charge is -2.29. The van der Waals surface area contributed by atoms with Crippen LogP contribution in [0.25, 0.3) is 11.8 Å². The van der Waals surface area contributed by atoms with E-state index in [0.717, 1.165) is 48.9 Å². The molecule has 0 spiro atoms. The molecule has 0 saturated carbocycles. The van der Waals surface area contributed by atoms with Crippen molar-refractivity contribution in [1.29, 1.82) is 0 Å². The average molecular weight is 397 g/mol. The number of hydrogen-bond acceptors (Lipinski definition) is 4. The first-order valence-electron chi connectivity index (χ1n) is 9.38. The molecule has 1 amide bonds. The molecular weight excluding hydrogens is 372 g/mol. The lowest BCUT2D eigenvalue weighted by atomic mass is 10.2. The van der Waals surface area contributed by atoms with Gasteiger partial charge in [0.1, 0.15) is 5.70 Å².